The van der Waals surface area contributed by atoms with Crippen molar-refractivity contribution in [3.63, 3.8) is 0 Å². The molecular weight excluding hydrogens is 372 g/mol. The second kappa shape index (κ2) is 6.91. The summed E-state index contributed by atoms with van der Waals surface area (Å²) in [6.07, 6.45) is 5.94. The van der Waals surface area contributed by atoms with Gasteiger partial charge in [-0.2, -0.15) is 10.4 Å². The molecule has 4 atom stereocenters. The van der Waals surface area contributed by atoms with E-state index in [-0.39, 0.29) is 17.6 Å². The molecule has 5 heteroatoms. The molecule has 5 nitrogen and oxygen atoms in total. The summed E-state index contributed by atoms with van der Waals surface area (Å²) < 4.78 is 1.96. The zero-order valence-electron chi connectivity index (χ0n) is 17.2. The van der Waals surface area contributed by atoms with Gasteiger partial charge in [-0.1, -0.05) is 37.3 Å². The third-order valence-corrected chi connectivity index (χ3v) is 7.21. The molecule has 0 spiro atoms. The molecule has 2 aromatic heterocycles. The van der Waals surface area contributed by atoms with Gasteiger partial charge in [0.05, 0.1) is 17.5 Å². The molecule has 1 unspecified atom stereocenters. The first-order valence-corrected chi connectivity index (χ1v) is 10.5. The molecule has 0 N–H and O–H groups in total. The van der Waals surface area contributed by atoms with Crippen molar-refractivity contribution >= 4 is 5.78 Å². The molecule has 5 rings (SSSR count). The Morgan fingerprint density at radius 3 is 2.70 bits per heavy atom. The standard InChI is InChI=1S/C25H24N4O/c1-16-21-11-10-20-22(17-7-6-12-27-15-17)29(2)28-24(20)25(21,13-18(14-26)23(16)30)19-8-4-3-5-9-19/h3-9,12,15-16,18,21H,10-11,13H2,1-2H3/t16-,18?,21-,25-/m0/s1. The van der Waals surface area contributed by atoms with Crippen molar-refractivity contribution in [2.75, 3.05) is 0 Å². The zero-order valence-corrected chi connectivity index (χ0v) is 17.2. The maximum atomic E-state index is 12.9. The summed E-state index contributed by atoms with van der Waals surface area (Å²) in [5.74, 6) is -0.547. The fraction of sp³-hybridized carbons (Fsp3) is 0.360. The predicted octanol–water partition coefficient (Wildman–Crippen LogP) is 4.08. The summed E-state index contributed by atoms with van der Waals surface area (Å²) in [7, 11) is 1.98. The Morgan fingerprint density at radius 2 is 2.00 bits per heavy atom. The van der Waals surface area contributed by atoms with Crippen LogP contribution in [0.4, 0.5) is 0 Å². The fourth-order valence-electron chi connectivity index (χ4n) is 5.93. The maximum absolute atomic E-state index is 12.9. The van der Waals surface area contributed by atoms with E-state index in [0.29, 0.717) is 6.42 Å². The van der Waals surface area contributed by atoms with Crippen LogP contribution in [0.2, 0.25) is 0 Å². The molecule has 0 amide bonds. The smallest absolute Gasteiger partial charge is 0.153 e. The van der Waals surface area contributed by atoms with E-state index in [9.17, 15) is 10.1 Å². The van der Waals surface area contributed by atoms with Crippen LogP contribution in [-0.2, 0) is 23.7 Å². The highest BCUT2D eigenvalue weighted by atomic mass is 16.1. The van der Waals surface area contributed by atoms with Gasteiger partial charge in [0.1, 0.15) is 5.92 Å². The Hall–Kier alpha value is -3.26. The minimum Gasteiger partial charge on any atom is -0.298 e. The van der Waals surface area contributed by atoms with E-state index in [0.717, 1.165) is 35.4 Å². The SMILES string of the molecule is C[C@@H]1C(=O)C(C#N)C[C@@]2(c3ccccc3)c3nn(C)c(-c4cccnc4)c3CC[C@@H]12. The normalized spacial score (nSPS) is 27.8. The highest BCUT2D eigenvalue weighted by Gasteiger charge is 2.57. The molecule has 30 heavy (non-hydrogen) atoms. The van der Waals surface area contributed by atoms with Gasteiger partial charge in [-0.05, 0) is 42.9 Å². The van der Waals surface area contributed by atoms with Gasteiger partial charge in [0, 0.05) is 41.9 Å². The first-order valence-electron chi connectivity index (χ1n) is 10.5. The summed E-state index contributed by atoms with van der Waals surface area (Å²) in [6.45, 7) is 2.00. The minimum absolute atomic E-state index is 0.0842. The molecule has 2 aliphatic rings. The van der Waals surface area contributed by atoms with E-state index in [4.69, 9.17) is 5.10 Å². The lowest BCUT2D eigenvalue weighted by Crippen LogP contribution is -2.52. The molecule has 0 radical (unpaired) electrons. The molecule has 2 aliphatic carbocycles. The molecule has 1 aromatic carbocycles. The molecule has 0 saturated heterocycles. The van der Waals surface area contributed by atoms with E-state index in [1.54, 1.807) is 6.20 Å². The highest BCUT2D eigenvalue weighted by Crippen LogP contribution is 2.56. The van der Waals surface area contributed by atoms with Crippen LogP contribution in [0.25, 0.3) is 11.3 Å². The number of rotatable bonds is 2. The van der Waals surface area contributed by atoms with Crippen LogP contribution < -0.4 is 0 Å². The van der Waals surface area contributed by atoms with Gasteiger partial charge in [0.25, 0.3) is 0 Å². The third kappa shape index (κ3) is 2.50. The number of hydrogen-bond acceptors (Lipinski definition) is 4. The van der Waals surface area contributed by atoms with E-state index in [2.05, 4.69) is 29.3 Å². The highest BCUT2D eigenvalue weighted by molar-refractivity contribution is 5.87. The number of benzene rings is 1. The van der Waals surface area contributed by atoms with Crippen LogP contribution in [0.15, 0.2) is 54.9 Å². The minimum atomic E-state index is -0.605. The van der Waals surface area contributed by atoms with Crippen molar-refractivity contribution in [2.45, 2.75) is 31.6 Å². The van der Waals surface area contributed by atoms with Gasteiger partial charge in [-0.15, -0.1) is 0 Å². The number of nitriles is 1. The van der Waals surface area contributed by atoms with Gasteiger partial charge in [0.15, 0.2) is 5.78 Å². The number of Topliss-reactive ketones (excluding diaryl/α,β-unsaturated/α-hetero) is 1. The number of carbonyl (C=O) groups excluding carboxylic acids is 1. The van der Waals surface area contributed by atoms with Crippen molar-refractivity contribution in [1.29, 1.82) is 5.26 Å². The van der Waals surface area contributed by atoms with Crippen molar-refractivity contribution in [3.8, 4) is 17.3 Å². The van der Waals surface area contributed by atoms with Gasteiger partial charge >= 0.3 is 0 Å². The Kier molecular flexibility index (Phi) is 4.32. The van der Waals surface area contributed by atoms with Crippen LogP contribution in [0.5, 0.6) is 0 Å². The molecule has 3 aromatic rings. The van der Waals surface area contributed by atoms with Crippen LogP contribution in [0, 0.1) is 29.1 Å². The molecular formula is C25H24N4O. The first kappa shape index (κ1) is 18.7. The second-order valence-corrected chi connectivity index (χ2v) is 8.60. The van der Waals surface area contributed by atoms with Crippen LogP contribution in [0.1, 0.15) is 36.6 Å². The number of aromatic nitrogens is 3. The van der Waals surface area contributed by atoms with Gasteiger partial charge in [-0.3, -0.25) is 14.5 Å². The number of aryl methyl sites for hydroxylation is 1. The van der Waals surface area contributed by atoms with Crippen molar-refractivity contribution < 1.29 is 4.79 Å². The summed E-state index contributed by atoms with van der Waals surface area (Å²) in [4.78, 5) is 17.2. The van der Waals surface area contributed by atoms with Crippen molar-refractivity contribution in [1.82, 2.24) is 14.8 Å². The van der Waals surface area contributed by atoms with E-state index in [1.807, 2.05) is 49.1 Å². The Labute approximate surface area is 176 Å². The quantitative estimate of drug-likeness (QED) is 0.654. The monoisotopic (exact) mass is 396 g/mol. The summed E-state index contributed by atoms with van der Waals surface area (Å²) >= 11 is 0. The maximum Gasteiger partial charge on any atom is 0.153 e. The van der Waals surface area contributed by atoms with Gasteiger partial charge < -0.3 is 0 Å². The van der Waals surface area contributed by atoms with Gasteiger partial charge in [-0.25, -0.2) is 0 Å². The number of fused-ring (bicyclic) bond motifs is 3. The second-order valence-electron chi connectivity index (χ2n) is 8.60. The molecule has 0 aliphatic heterocycles. The van der Waals surface area contributed by atoms with Crippen molar-refractivity contribution in [3.05, 3.63) is 71.7 Å². The molecule has 150 valence electrons. The van der Waals surface area contributed by atoms with Crippen LogP contribution in [0.3, 0.4) is 0 Å². The lowest BCUT2D eigenvalue weighted by molar-refractivity contribution is -0.131. The molecule has 2 heterocycles. The lowest BCUT2D eigenvalue weighted by atomic mass is 9.51. The fourth-order valence-corrected chi connectivity index (χ4v) is 5.93. The third-order valence-electron chi connectivity index (χ3n) is 7.21. The number of nitrogens with zero attached hydrogens (tertiary/aromatic N) is 4. The summed E-state index contributed by atoms with van der Waals surface area (Å²) in [5.41, 5.74) is 5.12. The Bertz CT molecular complexity index is 1150. The number of pyridine rings is 1. The van der Waals surface area contributed by atoms with E-state index < -0.39 is 11.3 Å². The predicted molar refractivity (Wildman–Crippen MR) is 113 cm³/mol. The average molecular weight is 396 g/mol. The molecule has 1 saturated carbocycles. The molecule has 1 fully saturated rings. The largest absolute Gasteiger partial charge is 0.298 e. The summed E-state index contributed by atoms with van der Waals surface area (Å²) in [5, 5.41) is 14.9. The van der Waals surface area contributed by atoms with Gasteiger partial charge in [0.2, 0.25) is 0 Å². The Balaban J connectivity index is 1.79. The average Bonchev–Trinajstić information content (AvgIpc) is 3.13. The zero-order chi connectivity index (χ0) is 20.9. The number of ketones is 1. The number of carbonyl (C=O) groups is 1. The van der Waals surface area contributed by atoms with E-state index in [1.165, 1.54) is 5.56 Å². The van der Waals surface area contributed by atoms with Crippen molar-refractivity contribution in [2.24, 2.45) is 24.8 Å². The number of hydrogen-bond donors (Lipinski definition) is 0. The summed E-state index contributed by atoms with van der Waals surface area (Å²) in [6, 6.07) is 16.7. The lowest BCUT2D eigenvalue weighted by Gasteiger charge is -2.50. The topological polar surface area (TPSA) is 71.6 Å². The molecule has 0 bridgehead atoms. The van der Waals surface area contributed by atoms with E-state index >= 15 is 0 Å². The van der Waals surface area contributed by atoms with Crippen LogP contribution in [-0.4, -0.2) is 20.5 Å². The first-order chi connectivity index (χ1) is 14.6. The Morgan fingerprint density at radius 1 is 1.20 bits per heavy atom. The van der Waals surface area contributed by atoms with Crippen LogP contribution >= 0.6 is 0 Å².